The number of amides is 2. The Morgan fingerprint density at radius 1 is 1.42 bits per heavy atom. The van der Waals surface area contributed by atoms with Crippen molar-refractivity contribution in [3.8, 4) is 0 Å². The standard InChI is InChI=1S/C16H25ClN4O3/c1-16(2,3)24-15(23)21-11-5-4-10(8-11)19-14(22)20-12-6-7-18-13(17)9-12/h6-7,9-11,15,21,23H,4-5,8H2,1-3H3,(H2,18,19,20,22)/t10-,11+,15?/m1/s1. The van der Waals surface area contributed by atoms with Gasteiger partial charge in [0.1, 0.15) is 5.15 Å². The fraction of sp³-hybridized carbons (Fsp3) is 0.625. The molecule has 1 aromatic rings. The highest BCUT2D eigenvalue weighted by Gasteiger charge is 2.28. The van der Waals surface area contributed by atoms with Crippen LogP contribution in [0.5, 0.6) is 0 Å². The molecule has 3 atom stereocenters. The molecule has 1 aliphatic carbocycles. The Hall–Kier alpha value is -1.41. The number of aliphatic hydroxyl groups is 1. The van der Waals surface area contributed by atoms with Gasteiger partial charge in [0.15, 0.2) is 0 Å². The summed E-state index contributed by atoms with van der Waals surface area (Å²) in [6.45, 7) is 5.64. The zero-order valence-corrected chi connectivity index (χ0v) is 14.9. The second kappa shape index (κ2) is 8.11. The first-order valence-electron chi connectivity index (χ1n) is 8.02. The van der Waals surface area contributed by atoms with Gasteiger partial charge in [-0.25, -0.2) is 9.78 Å². The van der Waals surface area contributed by atoms with Gasteiger partial charge in [-0.3, -0.25) is 5.32 Å². The summed E-state index contributed by atoms with van der Waals surface area (Å²) in [4.78, 5) is 15.9. The van der Waals surface area contributed by atoms with Gasteiger partial charge >= 0.3 is 6.03 Å². The minimum absolute atomic E-state index is 0.0432. The molecule has 2 rings (SSSR count). The number of nitrogens with zero attached hydrogens (tertiary/aromatic N) is 1. The Bertz CT molecular complexity index is 564. The van der Waals surface area contributed by atoms with E-state index in [0.717, 1.165) is 19.3 Å². The van der Waals surface area contributed by atoms with E-state index in [0.29, 0.717) is 10.8 Å². The predicted molar refractivity (Wildman–Crippen MR) is 92.8 cm³/mol. The van der Waals surface area contributed by atoms with Crippen LogP contribution < -0.4 is 16.0 Å². The lowest BCUT2D eigenvalue weighted by molar-refractivity contribution is -0.185. The Morgan fingerprint density at radius 3 is 2.79 bits per heavy atom. The number of hydrogen-bond acceptors (Lipinski definition) is 5. The van der Waals surface area contributed by atoms with Crippen LogP contribution in [0.2, 0.25) is 5.15 Å². The van der Waals surface area contributed by atoms with E-state index in [4.69, 9.17) is 16.3 Å². The number of rotatable bonds is 5. The summed E-state index contributed by atoms with van der Waals surface area (Å²) in [6.07, 6.45) is 2.95. The number of pyridine rings is 1. The molecule has 1 fully saturated rings. The largest absolute Gasteiger partial charge is 0.356 e. The van der Waals surface area contributed by atoms with Crippen molar-refractivity contribution in [3.63, 3.8) is 0 Å². The molecule has 0 aromatic carbocycles. The summed E-state index contributed by atoms with van der Waals surface area (Å²) in [6, 6.07) is 3.12. The molecular weight excluding hydrogens is 332 g/mol. The van der Waals surface area contributed by atoms with E-state index < -0.39 is 12.0 Å². The number of hydrogen-bond donors (Lipinski definition) is 4. The number of urea groups is 1. The second-order valence-corrected chi connectivity index (χ2v) is 7.31. The first-order chi connectivity index (χ1) is 11.2. The summed E-state index contributed by atoms with van der Waals surface area (Å²) >= 11 is 5.79. The van der Waals surface area contributed by atoms with E-state index >= 15 is 0 Å². The first kappa shape index (κ1) is 18.9. The van der Waals surface area contributed by atoms with Gasteiger partial charge in [-0.2, -0.15) is 0 Å². The number of aliphatic hydroxyl groups excluding tert-OH is 1. The molecular formula is C16H25ClN4O3. The van der Waals surface area contributed by atoms with Crippen LogP contribution in [0.1, 0.15) is 40.0 Å². The number of halogens is 1. The molecule has 1 unspecified atom stereocenters. The molecule has 0 bridgehead atoms. The van der Waals surface area contributed by atoms with Crippen LogP contribution in [0.25, 0.3) is 0 Å². The zero-order valence-electron chi connectivity index (χ0n) is 14.2. The molecule has 0 spiro atoms. The first-order valence-corrected chi connectivity index (χ1v) is 8.40. The fourth-order valence-corrected chi connectivity index (χ4v) is 2.84. The molecule has 134 valence electrons. The van der Waals surface area contributed by atoms with Crippen LogP contribution in [0, 0.1) is 0 Å². The van der Waals surface area contributed by atoms with Gasteiger partial charge in [0.05, 0.1) is 5.60 Å². The Balaban J connectivity index is 1.74. The average Bonchev–Trinajstić information content (AvgIpc) is 2.83. The minimum Gasteiger partial charge on any atom is -0.356 e. The molecule has 1 aliphatic rings. The highest BCUT2D eigenvalue weighted by Crippen LogP contribution is 2.21. The van der Waals surface area contributed by atoms with Crippen LogP contribution in [0.15, 0.2) is 18.3 Å². The lowest BCUT2D eigenvalue weighted by Gasteiger charge is -2.26. The smallest absolute Gasteiger partial charge is 0.319 e. The van der Waals surface area contributed by atoms with Crippen molar-refractivity contribution in [2.75, 3.05) is 5.32 Å². The van der Waals surface area contributed by atoms with Gasteiger partial charge in [-0.15, -0.1) is 0 Å². The van der Waals surface area contributed by atoms with Crippen LogP contribution >= 0.6 is 11.6 Å². The highest BCUT2D eigenvalue weighted by atomic mass is 35.5. The monoisotopic (exact) mass is 356 g/mol. The van der Waals surface area contributed by atoms with Gasteiger partial charge in [0.2, 0.25) is 6.41 Å². The van der Waals surface area contributed by atoms with Crippen LogP contribution in [0.4, 0.5) is 10.5 Å². The van der Waals surface area contributed by atoms with Crippen molar-refractivity contribution in [2.45, 2.75) is 64.1 Å². The fourth-order valence-electron chi connectivity index (χ4n) is 2.67. The van der Waals surface area contributed by atoms with Gasteiger partial charge in [-0.05, 0) is 52.2 Å². The predicted octanol–water partition coefficient (Wildman–Crippen LogP) is 2.46. The zero-order chi connectivity index (χ0) is 17.7. The van der Waals surface area contributed by atoms with E-state index in [1.807, 2.05) is 20.8 Å². The molecule has 1 aromatic heterocycles. The Kier molecular flexibility index (Phi) is 6.40. The number of carbonyl (C=O) groups excluding carboxylic acids is 1. The summed E-state index contributed by atoms with van der Waals surface area (Å²) < 4.78 is 5.43. The maximum Gasteiger partial charge on any atom is 0.319 e. The van der Waals surface area contributed by atoms with Gasteiger partial charge in [0, 0.05) is 24.0 Å². The molecule has 24 heavy (non-hydrogen) atoms. The van der Waals surface area contributed by atoms with Gasteiger partial charge < -0.3 is 20.5 Å². The normalized spacial score (nSPS) is 22.2. The summed E-state index contributed by atoms with van der Waals surface area (Å²) in [5.41, 5.74) is 0.170. The Labute approximate surface area is 147 Å². The molecule has 0 radical (unpaired) electrons. The highest BCUT2D eigenvalue weighted by molar-refractivity contribution is 6.29. The molecule has 8 heteroatoms. The van der Waals surface area contributed by atoms with E-state index in [9.17, 15) is 9.90 Å². The van der Waals surface area contributed by atoms with Crippen LogP contribution in [0.3, 0.4) is 0 Å². The quantitative estimate of drug-likeness (QED) is 0.480. The number of nitrogens with one attached hydrogen (secondary N) is 3. The van der Waals surface area contributed by atoms with Crippen molar-refractivity contribution < 1.29 is 14.6 Å². The lowest BCUT2D eigenvalue weighted by Crippen LogP contribution is -2.44. The molecule has 4 N–H and O–H groups in total. The van der Waals surface area contributed by atoms with Crippen molar-refractivity contribution in [3.05, 3.63) is 23.5 Å². The average molecular weight is 357 g/mol. The number of ether oxygens (including phenoxy) is 1. The van der Waals surface area contributed by atoms with Gasteiger partial charge in [0.25, 0.3) is 0 Å². The topological polar surface area (TPSA) is 95.5 Å². The summed E-state index contributed by atoms with van der Waals surface area (Å²) in [5.74, 6) is 0. The minimum atomic E-state index is -1.01. The molecule has 7 nitrogen and oxygen atoms in total. The van der Waals surface area contributed by atoms with Crippen LogP contribution in [-0.4, -0.2) is 40.2 Å². The van der Waals surface area contributed by atoms with E-state index in [1.165, 1.54) is 6.20 Å². The van der Waals surface area contributed by atoms with E-state index in [1.54, 1.807) is 12.1 Å². The van der Waals surface area contributed by atoms with Crippen molar-refractivity contribution in [1.29, 1.82) is 0 Å². The number of anilines is 1. The number of aromatic nitrogens is 1. The molecule has 0 aliphatic heterocycles. The third kappa shape index (κ3) is 6.60. The molecule has 0 saturated heterocycles. The van der Waals surface area contributed by atoms with Gasteiger partial charge in [-0.1, -0.05) is 11.6 Å². The van der Waals surface area contributed by atoms with E-state index in [2.05, 4.69) is 20.9 Å². The third-order valence-corrected chi connectivity index (χ3v) is 3.80. The summed E-state index contributed by atoms with van der Waals surface area (Å²) in [7, 11) is 0. The molecule has 1 saturated carbocycles. The van der Waals surface area contributed by atoms with Crippen LogP contribution in [-0.2, 0) is 4.74 Å². The lowest BCUT2D eigenvalue weighted by atomic mass is 10.2. The number of carbonyl (C=O) groups is 1. The maximum absolute atomic E-state index is 12.0. The Morgan fingerprint density at radius 2 is 2.12 bits per heavy atom. The maximum atomic E-state index is 12.0. The van der Waals surface area contributed by atoms with Crippen molar-refractivity contribution >= 4 is 23.3 Å². The second-order valence-electron chi connectivity index (χ2n) is 6.92. The summed E-state index contributed by atoms with van der Waals surface area (Å²) in [5, 5.41) is 18.9. The SMILES string of the molecule is CC(C)(C)OC(O)N[C@H]1CC[C@@H](NC(=O)Nc2ccnc(Cl)c2)C1. The van der Waals surface area contributed by atoms with Crippen molar-refractivity contribution in [2.24, 2.45) is 0 Å². The molecule has 1 heterocycles. The van der Waals surface area contributed by atoms with E-state index in [-0.39, 0.29) is 18.1 Å². The molecule has 2 amide bonds. The van der Waals surface area contributed by atoms with Crippen molar-refractivity contribution in [1.82, 2.24) is 15.6 Å². The third-order valence-electron chi connectivity index (χ3n) is 3.60.